The molecule has 0 saturated heterocycles. The van der Waals surface area contributed by atoms with Crippen LogP contribution in [0.5, 0.6) is 0 Å². The number of ether oxygens (including phenoxy) is 1. The Hall–Kier alpha value is -3.25. The average Bonchev–Trinajstić information content (AvgIpc) is 3.12. The lowest BCUT2D eigenvalue weighted by Crippen LogP contribution is -2.43. The standard InChI is InChI=1S/C19H10F9NO3/c20-17(21,22)12-6-11(7-13(8-12)18(23,24)25)16(19(26,27)28)9-14(29-32-16)31-15(30)10-4-2-1-3-5-10/h1-8H,9H2. The van der Waals surface area contributed by atoms with Crippen LogP contribution in [0, 0.1) is 0 Å². The van der Waals surface area contributed by atoms with E-state index in [-0.39, 0.29) is 23.8 Å². The molecule has 2 aromatic carbocycles. The number of alkyl halides is 9. The smallest absolute Gasteiger partial charge is 0.404 e. The Balaban J connectivity index is 2.02. The number of benzene rings is 2. The van der Waals surface area contributed by atoms with Crippen LogP contribution in [-0.2, 0) is 27.5 Å². The highest BCUT2D eigenvalue weighted by atomic mass is 19.4. The van der Waals surface area contributed by atoms with E-state index in [1.165, 1.54) is 30.3 Å². The van der Waals surface area contributed by atoms with E-state index in [9.17, 15) is 44.3 Å². The van der Waals surface area contributed by atoms with Crippen molar-refractivity contribution >= 4 is 11.9 Å². The predicted molar refractivity (Wildman–Crippen MR) is 89.2 cm³/mol. The maximum absolute atomic E-state index is 13.9. The molecule has 0 bridgehead atoms. The molecule has 32 heavy (non-hydrogen) atoms. The van der Waals surface area contributed by atoms with E-state index in [2.05, 4.69) is 9.99 Å². The van der Waals surface area contributed by atoms with Gasteiger partial charge in [0.2, 0.25) is 5.90 Å². The molecule has 0 radical (unpaired) electrons. The van der Waals surface area contributed by atoms with Crippen LogP contribution < -0.4 is 0 Å². The monoisotopic (exact) mass is 471 g/mol. The third-order valence-electron chi connectivity index (χ3n) is 4.44. The highest BCUT2D eigenvalue weighted by molar-refractivity contribution is 5.98. The van der Waals surface area contributed by atoms with Gasteiger partial charge in [-0.05, 0) is 30.3 Å². The van der Waals surface area contributed by atoms with Crippen molar-refractivity contribution in [3.63, 3.8) is 0 Å². The lowest BCUT2D eigenvalue weighted by atomic mass is 9.87. The molecule has 1 aliphatic heterocycles. The van der Waals surface area contributed by atoms with Crippen LogP contribution in [0.3, 0.4) is 0 Å². The number of carbonyl (C=O) groups excluding carboxylic acids is 1. The number of rotatable bonds is 2. The molecule has 0 saturated carbocycles. The third kappa shape index (κ3) is 4.50. The van der Waals surface area contributed by atoms with E-state index in [1.54, 1.807) is 0 Å². The summed E-state index contributed by atoms with van der Waals surface area (Å²) in [5.74, 6) is -2.12. The van der Waals surface area contributed by atoms with Crippen molar-refractivity contribution in [1.82, 2.24) is 0 Å². The molecule has 4 nitrogen and oxygen atoms in total. The maximum atomic E-state index is 13.9. The van der Waals surface area contributed by atoms with Crippen molar-refractivity contribution in [3.05, 3.63) is 70.8 Å². The number of oxime groups is 1. The van der Waals surface area contributed by atoms with Gasteiger partial charge in [0.15, 0.2) is 0 Å². The fourth-order valence-corrected chi connectivity index (χ4v) is 2.86. The molecular formula is C19H10F9NO3. The van der Waals surface area contributed by atoms with Crippen LogP contribution in [0.15, 0.2) is 53.7 Å². The van der Waals surface area contributed by atoms with Gasteiger partial charge in [0.05, 0.1) is 23.1 Å². The molecule has 1 heterocycles. The Morgan fingerprint density at radius 1 is 0.875 bits per heavy atom. The van der Waals surface area contributed by atoms with Crippen LogP contribution in [-0.4, -0.2) is 18.0 Å². The molecule has 1 aliphatic rings. The summed E-state index contributed by atoms with van der Waals surface area (Å²) in [6, 6.07) is 6.36. The molecule has 0 aromatic heterocycles. The van der Waals surface area contributed by atoms with E-state index >= 15 is 0 Å². The first-order chi connectivity index (χ1) is 14.6. The second-order valence-corrected chi connectivity index (χ2v) is 6.63. The largest absolute Gasteiger partial charge is 0.435 e. The van der Waals surface area contributed by atoms with Crippen LogP contribution >= 0.6 is 0 Å². The Morgan fingerprint density at radius 3 is 1.88 bits per heavy atom. The van der Waals surface area contributed by atoms with Crippen molar-refractivity contribution in [1.29, 1.82) is 0 Å². The van der Waals surface area contributed by atoms with Gasteiger partial charge in [-0.15, -0.1) is 0 Å². The maximum Gasteiger partial charge on any atom is 0.435 e. The molecule has 0 spiro atoms. The van der Waals surface area contributed by atoms with Crippen LogP contribution in [0.4, 0.5) is 39.5 Å². The van der Waals surface area contributed by atoms with Crippen molar-refractivity contribution in [3.8, 4) is 0 Å². The zero-order valence-corrected chi connectivity index (χ0v) is 15.4. The van der Waals surface area contributed by atoms with E-state index in [1.807, 2.05) is 0 Å². The van der Waals surface area contributed by atoms with Gasteiger partial charge in [0, 0.05) is 5.56 Å². The molecule has 0 fully saturated rings. The fourth-order valence-electron chi connectivity index (χ4n) is 2.86. The fraction of sp³-hybridized carbons (Fsp3) is 0.263. The number of halogens is 9. The molecule has 0 aliphatic carbocycles. The summed E-state index contributed by atoms with van der Waals surface area (Å²) in [5.41, 5.74) is -9.26. The number of esters is 1. The van der Waals surface area contributed by atoms with E-state index in [0.29, 0.717) is 0 Å². The quantitative estimate of drug-likeness (QED) is 0.395. The lowest BCUT2D eigenvalue weighted by molar-refractivity contribution is -0.276. The molecule has 1 atom stereocenters. The SMILES string of the molecule is O=C(OC1=NOC(c2cc(C(F)(F)F)cc(C(F)(F)F)c2)(C(F)(F)F)C1)c1ccccc1. The molecule has 1 unspecified atom stereocenters. The summed E-state index contributed by atoms with van der Waals surface area (Å²) in [4.78, 5) is 16.4. The number of hydrogen-bond donors (Lipinski definition) is 0. The molecule has 2 aromatic rings. The van der Waals surface area contributed by atoms with Crippen molar-refractivity contribution in [2.24, 2.45) is 5.16 Å². The molecule has 0 amide bonds. The van der Waals surface area contributed by atoms with Gasteiger partial charge < -0.3 is 9.57 Å². The minimum absolute atomic E-state index is 0.0851. The van der Waals surface area contributed by atoms with Gasteiger partial charge in [-0.3, -0.25) is 0 Å². The van der Waals surface area contributed by atoms with E-state index in [0.717, 1.165) is 0 Å². The Bertz CT molecular complexity index is 1010. The van der Waals surface area contributed by atoms with Gasteiger partial charge >= 0.3 is 24.5 Å². The zero-order chi connectivity index (χ0) is 23.9. The van der Waals surface area contributed by atoms with Gasteiger partial charge in [-0.25, -0.2) is 4.79 Å². The summed E-state index contributed by atoms with van der Waals surface area (Å²) >= 11 is 0. The molecular weight excluding hydrogens is 461 g/mol. The van der Waals surface area contributed by atoms with Crippen LogP contribution in [0.1, 0.15) is 33.5 Å². The molecule has 13 heteroatoms. The molecule has 3 rings (SSSR count). The van der Waals surface area contributed by atoms with Gasteiger partial charge in [-0.2, -0.15) is 39.5 Å². The topological polar surface area (TPSA) is 47.9 Å². The van der Waals surface area contributed by atoms with Crippen LogP contribution in [0.25, 0.3) is 0 Å². The first-order valence-corrected chi connectivity index (χ1v) is 8.52. The van der Waals surface area contributed by atoms with Crippen molar-refractivity contribution in [2.45, 2.75) is 30.6 Å². The first-order valence-electron chi connectivity index (χ1n) is 8.52. The van der Waals surface area contributed by atoms with Crippen molar-refractivity contribution in [2.75, 3.05) is 0 Å². The normalized spacial score (nSPS) is 19.3. The van der Waals surface area contributed by atoms with E-state index < -0.39 is 59.1 Å². The van der Waals surface area contributed by atoms with Crippen molar-refractivity contribution < 1.29 is 53.9 Å². The third-order valence-corrected chi connectivity index (χ3v) is 4.44. The Labute approximate surface area is 173 Å². The second kappa shape index (κ2) is 7.71. The van der Waals surface area contributed by atoms with Crippen LogP contribution in [0.2, 0.25) is 0 Å². The first kappa shape index (κ1) is 23.4. The zero-order valence-electron chi connectivity index (χ0n) is 15.4. The Kier molecular flexibility index (Phi) is 5.64. The summed E-state index contributed by atoms with van der Waals surface area (Å²) in [6.45, 7) is 0. The summed E-state index contributed by atoms with van der Waals surface area (Å²) in [7, 11) is 0. The van der Waals surface area contributed by atoms with Gasteiger partial charge in [0.25, 0.3) is 5.60 Å². The molecule has 172 valence electrons. The number of hydrogen-bond acceptors (Lipinski definition) is 4. The minimum Gasteiger partial charge on any atom is -0.404 e. The summed E-state index contributed by atoms with van der Waals surface area (Å²) in [5, 5.41) is 2.97. The molecule has 0 N–H and O–H groups in total. The predicted octanol–water partition coefficient (Wildman–Crippen LogP) is 6.07. The minimum atomic E-state index is -5.52. The highest BCUT2D eigenvalue weighted by Gasteiger charge is 2.63. The van der Waals surface area contributed by atoms with Gasteiger partial charge in [-0.1, -0.05) is 23.4 Å². The number of nitrogens with zero attached hydrogens (tertiary/aromatic N) is 1. The van der Waals surface area contributed by atoms with E-state index in [4.69, 9.17) is 4.74 Å². The second-order valence-electron chi connectivity index (χ2n) is 6.63. The Morgan fingerprint density at radius 2 is 1.41 bits per heavy atom. The summed E-state index contributed by atoms with van der Waals surface area (Å²) in [6.07, 6.45) is -17.8. The number of carbonyl (C=O) groups is 1. The average molecular weight is 471 g/mol. The highest BCUT2D eigenvalue weighted by Crippen LogP contribution is 2.50. The van der Waals surface area contributed by atoms with Gasteiger partial charge in [0.1, 0.15) is 0 Å². The lowest BCUT2D eigenvalue weighted by Gasteiger charge is -2.30. The summed E-state index contributed by atoms with van der Waals surface area (Å²) < 4.78 is 125.